The maximum absolute atomic E-state index is 5.68. The molecule has 17 rings (SSSR count). The number of benzene rings is 12. The second-order valence-electron chi connectivity index (χ2n) is 24.8. The van der Waals surface area contributed by atoms with Crippen molar-refractivity contribution in [2.45, 2.75) is 26.2 Å². The quantitative estimate of drug-likeness (QED) is 0.126. The maximum Gasteiger partial charge on any atom is 0.252 e. The van der Waals surface area contributed by atoms with Crippen LogP contribution < -0.4 is 26.2 Å². The lowest BCUT2D eigenvalue weighted by Gasteiger charge is -2.44. The zero-order valence-corrected chi connectivity index (χ0v) is 51.0. The number of anilines is 6. The molecule has 0 bridgehead atoms. The topological polar surface area (TPSA) is 75.9 Å². The summed E-state index contributed by atoms with van der Waals surface area (Å²) in [7, 11) is 0. The first kappa shape index (κ1) is 54.4. The molecule has 0 N–H and O–H groups in total. The highest BCUT2D eigenvalue weighted by atomic mass is 15.2. The molecule has 0 atom stereocenters. The molecule has 0 unspecified atom stereocenters. The van der Waals surface area contributed by atoms with Crippen molar-refractivity contribution in [1.29, 1.82) is 0 Å². The smallest absolute Gasteiger partial charge is 0.252 e. The zero-order chi connectivity index (χ0) is 61.4. The third-order valence-corrected chi connectivity index (χ3v) is 18.2. The molecule has 0 saturated carbocycles. The van der Waals surface area contributed by atoms with E-state index in [1.54, 1.807) is 0 Å². The van der Waals surface area contributed by atoms with Crippen molar-refractivity contribution in [3.63, 3.8) is 0 Å². The predicted molar refractivity (Wildman–Crippen MR) is 381 cm³/mol. The molecule has 8 nitrogen and oxygen atoms in total. The van der Waals surface area contributed by atoms with Gasteiger partial charge in [0.15, 0.2) is 23.3 Å². The highest BCUT2D eigenvalue weighted by Crippen LogP contribution is 2.47. The van der Waals surface area contributed by atoms with E-state index in [0.29, 0.717) is 23.3 Å². The summed E-state index contributed by atoms with van der Waals surface area (Å²) < 4.78 is 2.38. The third-order valence-electron chi connectivity index (χ3n) is 18.2. The van der Waals surface area contributed by atoms with Gasteiger partial charge in [-0.15, -0.1) is 0 Å². The number of hydrogen-bond donors (Lipinski definition) is 0. The molecule has 0 amide bonds. The first-order valence-corrected chi connectivity index (χ1v) is 31.4. The fourth-order valence-corrected chi connectivity index (χ4v) is 13.8. The van der Waals surface area contributed by atoms with Gasteiger partial charge >= 0.3 is 0 Å². The third kappa shape index (κ3) is 9.35. The van der Waals surface area contributed by atoms with Crippen LogP contribution in [0.3, 0.4) is 0 Å². The van der Waals surface area contributed by atoms with E-state index in [1.807, 2.05) is 66.7 Å². The van der Waals surface area contributed by atoms with E-state index in [2.05, 4.69) is 272 Å². The molecular formula is C83H59BN8. The maximum atomic E-state index is 5.68. The molecule has 15 aromatic rings. The van der Waals surface area contributed by atoms with Crippen LogP contribution in [0.5, 0.6) is 0 Å². The summed E-state index contributed by atoms with van der Waals surface area (Å²) in [5.74, 6) is 2.27. The zero-order valence-electron chi connectivity index (χ0n) is 51.0. The van der Waals surface area contributed by atoms with E-state index in [4.69, 9.17) is 24.9 Å². The summed E-state index contributed by atoms with van der Waals surface area (Å²) in [5, 5.41) is 2.34. The van der Waals surface area contributed by atoms with Gasteiger partial charge in [-0.25, -0.2) is 24.9 Å². The van der Waals surface area contributed by atoms with Crippen molar-refractivity contribution < 1.29 is 0 Å². The van der Waals surface area contributed by atoms with Crippen LogP contribution in [-0.4, -0.2) is 36.2 Å². The van der Waals surface area contributed by atoms with Crippen molar-refractivity contribution in [1.82, 2.24) is 29.5 Å². The van der Waals surface area contributed by atoms with Crippen LogP contribution in [0.15, 0.2) is 303 Å². The second kappa shape index (κ2) is 22.0. The Balaban J connectivity index is 0.866. The Bertz CT molecular complexity index is 5150. The predicted octanol–water partition coefficient (Wildman–Crippen LogP) is 18.8. The molecule has 9 heteroatoms. The Labute approximate surface area is 535 Å². The lowest BCUT2D eigenvalue weighted by atomic mass is 9.33. The van der Waals surface area contributed by atoms with Gasteiger partial charge in [-0.1, -0.05) is 233 Å². The normalized spacial score (nSPS) is 12.4. The number of rotatable bonds is 10. The first-order valence-electron chi connectivity index (χ1n) is 31.4. The fraction of sp³-hybridized carbons (Fsp3) is 0.0482. The molecule has 2 aliphatic heterocycles. The van der Waals surface area contributed by atoms with Gasteiger partial charge in [-0.3, -0.25) is 0 Å². The van der Waals surface area contributed by atoms with Crippen LogP contribution in [0.1, 0.15) is 26.3 Å². The number of fused-ring (bicyclic) bond motifs is 7. The average molecular weight is 1180 g/mol. The lowest BCUT2D eigenvalue weighted by molar-refractivity contribution is 0.591. The summed E-state index contributed by atoms with van der Waals surface area (Å²) in [6, 6.07) is 108. The Kier molecular flexibility index (Phi) is 13.0. The van der Waals surface area contributed by atoms with Gasteiger partial charge in [0.1, 0.15) is 0 Å². The minimum atomic E-state index is -0.0562. The summed E-state index contributed by atoms with van der Waals surface area (Å²) in [6.45, 7) is 6.84. The van der Waals surface area contributed by atoms with Crippen molar-refractivity contribution in [2.75, 3.05) is 9.80 Å². The Morgan fingerprint density at radius 3 is 1.29 bits per heavy atom. The first-order chi connectivity index (χ1) is 45.3. The van der Waals surface area contributed by atoms with Crippen molar-refractivity contribution >= 4 is 79.0 Å². The highest BCUT2D eigenvalue weighted by Gasteiger charge is 2.43. The van der Waals surface area contributed by atoms with E-state index in [-0.39, 0.29) is 12.1 Å². The number of nitrogens with zero attached hydrogens (tertiary/aromatic N) is 8. The number of hydrogen-bond acceptors (Lipinski definition) is 7. The van der Waals surface area contributed by atoms with Crippen molar-refractivity contribution in [3.05, 3.63) is 309 Å². The van der Waals surface area contributed by atoms with Crippen LogP contribution in [0.2, 0.25) is 0 Å². The molecule has 2 aliphatic rings. The van der Waals surface area contributed by atoms with E-state index in [1.165, 1.54) is 44.1 Å². The lowest BCUT2D eigenvalue weighted by Crippen LogP contribution is -2.61. The average Bonchev–Trinajstić information content (AvgIpc) is 0.882. The molecule has 92 heavy (non-hydrogen) atoms. The minimum Gasteiger partial charge on any atom is -0.311 e. The van der Waals surface area contributed by atoms with Gasteiger partial charge in [0.25, 0.3) is 6.71 Å². The van der Waals surface area contributed by atoms with Crippen LogP contribution in [0.4, 0.5) is 34.1 Å². The van der Waals surface area contributed by atoms with Gasteiger partial charge in [0.05, 0.1) is 28.1 Å². The Hall–Kier alpha value is -11.8. The minimum absolute atomic E-state index is 0.0164. The van der Waals surface area contributed by atoms with Crippen molar-refractivity contribution in [3.8, 4) is 84.9 Å². The van der Waals surface area contributed by atoms with E-state index in [9.17, 15) is 0 Å². The van der Waals surface area contributed by atoms with Gasteiger partial charge in [-0.05, 0) is 129 Å². The van der Waals surface area contributed by atoms with Crippen molar-refractivity contribution in [2.24, 2.45) is 0 Å². The van der Waals surface area contributed by atoms with Crippen LogP contribution >= 0.6 is 0 Å². The molecule has 434 valence electrons. The van der Waals surface area contributed by atoms with Gasteiger partial charge in [0.2, 0.25) is 0 Å². The SMILES string of the molecule is CC(C)(C)c1ccc2c(c1)c1ccccc1n2-c1ccc(-c2nc(-c3ccccc3)nc(-c3ccccc3)n2)cc1-c1nc(-c2ccccc2)cc(-c2ccc(-c3cc4c5c(c3)N(c3ccccc3)c3ccccc3B5c3ccccc3N4c3ccccc3)cc2)n1. The molecule has 0 fully saturated rings. The molecular weight excluding hydrogens is 1120 g/mol. The van der Waals surface area contributed by atoms with E-state index in [0.717, 1.165) is 95.4 Å². The van der Waals surface area contributed by atoms with Crippen LogP contribution in [-0.2, 0) is 5.41 Å². The van der Waals surface area contributed by atoms with Crippen LogP contribution in [0.25, 0.3) is 107 Å². The number of para-hydroxylation sites is 5. The monoisotopic (exact) mass is 1180 g/mol. The summed E-state index contributed by atoms with van der Waals surface area (Å²) in [5.41, 5.74) is 24.1. The molecule has 0 saturated heterocycles. The largest absolute Gasteiger partial charge is 0.311 e. The van der Waals surface area contributed by atoms with Gasteiger partial charge in [-0.2, -0.15) is 0 Å². The van der Waals surface area contributed by atoms with E-state index < -0.39 is 0 Å². The van der Waals surface area contributed by atoms with E-state index >= 15 is 0 Å². The summed E-state index contributed by atoms with van der Waals surface area (Å²) >= 11 is 0. The molecule has 0 spiro atoms. The Morgan fingerprint density at radius 2 is 0.739 bits per heavy atom. The second-order valence-corrected chi connectivity index (χ2v) is 24.8. The molecule has 0 radical (unpaired) electrons. The fourth-order valence-electron chi connectivity index (χ4n) is 13.8. The number of aromatic nitrogens is 6. The van der Waals surface area contributed by atoms with Gasteiger partial charge < -0.3 is 14.4 Å². The molecule has 3 aromatic heterocycles. The standard InChI is InChI=1S/C83H59BN8/c1-83(2,3)61-46-48-72-65(52-61)64-35-19-22-38-71(64)92(72)73-47-45-59(81-88-79(57-27-11-5-12-28-57)87-80(89-81)58-29-13-6-14-30-58)49-66(73)82-85-69(55-25-9-4-10-26-55)53-70(86-82)56-43-41-54(42-44-56)60-50-76-78-77(51-60)91(63-33-17-8-18-34-63)75-40-24-21-37-68(75)84(78)67-36-20-23-39-74(67)90(76)62-31-15-7-16-32-62/h4-53H,1-3H3. The Morgan fingerprint density at radius 1 is 0.293 bits per heavy atom. The van der Waals surface area contributed by atoms with Crippen LogP contribution in [0, 0.1) is 0 Å². The molecule has 12 aromatic carbocycles. The molecule has 5 heterocycles. The highest BCUT2D eigenvalue weighted by molar-refractivity contribution is 7.00. The summed E-state index contributed by atoms with van der Waals surface area (Å²) in [4.78, 5) is 31.8. The molecule has 0 aliphatic carbocycles. The van der Waals surface area contributed by atoms with Gasteiger partial charge in [0, 0.05) is 78.3 Å². The summed E-state index contributed by atoms with van der Waals surface area (Å²) in [6.07, 6.45) is 0.